The lowest BCUT2D eigenvalue weighted by Crippen LogP contribution is -2.45. The van der Waals surface area contributed by atoms with Crippen molar-refractivity contribution in [2.24, 2.45) is 0 Å². The Morgan fingerprint density at radius 2 is 2.15 bits per heavy atom. The van der Waals surface area contributed by atoms with Gasteiger partial charge < -0.3 is 10.2 Å². The Bertz CT molecular complexity index is 449. The maximum absolute atomic E-state index is 11.0. The number of aliphatic carboxylic acids is 1. The topological polar surface area (TPSA) is 60.8 Å². The van der Waals surface area contributed by atoms with E-state index >= 15 is 0 Å². The quantitative estimate of drug-likeness (QED) is 0.874. The molecular formula is C15H21NO3S. The number of benzene rings is 1. The zero-order chi connectivity index (χ0) is 14.5. The molecule has 0 radical (unpaired) electrons. The van der Waals surface area contributed by atoms with Gasteiger partial charge in [-0.1, -0.05) is 19.1 Å². The SMILES string of the molecule is CCC(c1ccc(O)cc1)N1CCSCC1CC(=O)O. The highest BCUT2D eigenvalue weighted by molar-refractivity contribution is 7.99. The number of hydrogen-bond acceptors (Lipinski definition) is 4. The van der Waals surface area contributed by atoms with Gasteiger partial charge in [0.05, 0.1) is 6.42 Å². The maximum Gasteiger partial charge on any atom is 0.304 e. The summed E-state index contributed by atoms with van der Waals surface area (Å²) in [4.78, 5) is 13.4. The minimum absolute atomic E-state index is 0.0880. The molecule has 1 aromatic rings. The summed E-state index contributed by atoms with van der Waals surface area (Å²) in [7, 11) is 0. The molecule has 1 aromatic carbocycles. The summed E-state index contributed by atoms with van der Waals surface area (Å²) in [5.41, 5.74) is 1.15. The molecule has 0 spiro atoms. The van der Waals surface area contributed by atoms with E-state index in [4.69, 9.17) is 5.11 Å². The highest BCUT2D eigenvalue weighted by Gasteiger charge is 2.30. The first-order chi connectivity index (χ1) is 9.61. The Morgan fingerprint density at radius 3 is 2.75 bits per heavy atom. The first kappa shape index (κ1) is 15.2. The molecule has 1 heterocycles. The van der Waals surface area contributed by atoms with E-state index in [1.807, 2.05) is 23.9 Å². The molecule has 1 fully saturated rings. The molecule has 110 valence electrons. The first-order valence-electron chi connectivity index (χ1n) is 6.96. The Balaban J connectivity index is 2.19. The van der Waals surface area contributed by atoms with Crippen molar-refractivity contribution in [3.05, 3.63) is 29.8 Å². The van der Waals surface area contributed by atoms with Gasteiger partial charge in [-0.05, 0) is 24.1 Å². The number of hydrogen-bond donors (Lipinski definition) is 2. The zero-order valence-corrected chi connectivity index (χ0v) is 12.5. The van der Waals surface area contributed by atoms with Crippen LogP contribution in [0.5, 0.6) is 5.75 Å². The van der Waals surface area contributed by atoms with E-state index in [1.165, 1.54) is 0 Å². The third-order valence-corrected chi connectivity index (χ3v) is 4.84. The van der Waals surface area contributed by atoms with Gasteiger partial charge in [-0.3, -0.25) is 9.69 Å². The van der Waals surface area contributed by atoms with E-state index < -0.39 is 5.97 Å². The number of rotatable bonds is 5. The Hall–Kier alpha value is -1.20. The number of phenolic OH excluding ortho intramolecular Hbond substituents is 1. The molecular weight excluding hydrogens is 274 g/mol. The van der Waals surface area contributed by atoms with Crippen LogP contribution in [0.1, 0.15) is 31.4 Å². The van der Waals surface area contributed by atoms with Gasteiger partial charge in [0.1, 0.15) is 5.75 Å². The van der Waals surface area contributed by atoms with E-state index in [0.29, 0.717) is 0 Å². The van der Waals surface area contributed by atoms with Gasteiger partial charge in [-0.2, -0.15) is 11.8 Å². The summed E-state index contributed by atoms with van der Waals surface area (Å²) in [5, 5.41) is 18.5. The summed E-state index contributed by atoms with van der Waals surface area (Å²) in [6.07, 6.45) is 1.13. The van der Waals surface area contributed by atoms with Crippen LogP contribution in [-0.4, -0.2) is 45.2 Å². The van der Waals surface area contributed by atoms with E-state index in [0.717, 1.165) is 30.0 Å². The van der Waals surface area contributed by atoms with Crippen molar-refractivity contribution in [1.29, 1.82) is 0 Å². The monoisotopic (exact) mass is 295 g/mol. The van der Waals surface area contributed by atoms with Gasteiger partial charge in [0, 0.05) is 30.1 Å². The van der Waals surface area contributed by atoms with Crippen molar-refractivity contribution in [1.82, 2.24) is 4.90 Å². The fourth-order valence-electron chi connectivity index (χ4n) is 2.81. The first-order valence-corrected chi connectivity index (χ1v) is 8.11. The van der Waals surface area contributed by atoms with Gasteiger partial charge in [0.2, 0.25) is 0 Å². The second-order valence-corrected chi connectivity index (χ2v) is 6.23. The number of thioether (sulfide) groups is 1. The molecule has 0 bridgehead atoms. The number of carboxylic acid groups (broad SMARTS) is 1. The smallest absolute Gasteiger partial charge is 0.304 e. The van der Waals surface area contributed by atoms with Crippen molar-refractivity contribution >= 4 is 17.7 Å². The van der Waals surface area contributed by atoms with Crippen LogP contribution in [0, 0.1) is 0 Å². The second-order valence-electron chi connectivity index (χ2n) is 5.08. The molecule has 0 aliphatic carbocycles. The predicted octanol–water partition coefficient (Wildman–Crippen LogP) is 2.74. The number of carbonyl (C=O) groups is 1. The van der Waals surface area contributed by atoms with Gasteiger partial charge in [-0.15, -0.1) is 0 Å². The minimum Gasteiger partial charge on any atom is -0.508 e. The zero-order valence-electron chi connectivity index (χ0n) is 11.7. The van der Waals surface area contributed by atoms with Crippen molar-refractivity contribution in [2.75, 3.05) is 18.1 Å². The minimum atomic E-state index is -0.733. The lowest BCUT2D eigenvalue weighted by molar-refractivity contribution is -0.138. The van der Waals surface area contributed by atoms with Gasteiger partial charge in [0.15, 0.2) is 0 Å². The van der Waals surface area contributed by atoms with Crippen LogP contribution in [0.25, 0.3) is 0 Å². The van der Waals surface area contributed by atoms with Crippen LogP contribution >= 0.6 is 11.8 Å². The molecule has 1 aliphatic heterocycles. The third-order valence-electron chi connectivity index (χ3n) is 3.75. The lowest BCUT2D eigenvalue weighted by Gasteiger charge is -2.40. The molecule has 2 rings (SSSR count). The van der Waals surface area contributed by atoms with Crippen LogP contribution in [0.2, 0.25) is 0 Å². The molecule has 2 atom stereocenters. The summed E-state index contributed by atoms with van der Waals surface area (Å²) in [6.45, 7) is 3.04. The van der Waals surface area contributed by atoms with Crippen LogP contribution in [0.15, 0.2) is 24.3 Å². The van der Waals surface area contributed by atoms with Crippen molar-refractivity contribution in [3.8, 4) is 5.75 Å². The normalized spacial score (nSPS) is 21.6. The van der Waals surface area contributed by atoms with Crippen LogP contribution in [0.3, 0.4) is 0 Å². The van der Waals surface area contributed by atoms with Gasteiger partial charge in [-0.25, -0.2) is 0 Å². The number of carboxylic acids is 1. The fraction of sp³-hybridized carbons (Fsp3) is 0.533. The predicted molar refractivity (Wildman–Crippen MR) is 81.2 cm³/mol. The number of phenols is 1. The van der Waals surface area contributed by atoms with Crippen LogP contribution < -0.4 is 0 Å². The highest BCUT2D eigenvalue weighted by Crippen LogP contribution is 2.32. The van der Waals surface area contributed by atoms with E-state index in [9.17, 15) is 9.90 Å². The summed E-state index contributed by atoms with van der Waals surface area (Å²) >= 11 is 1.83. The molecule has 0 aromatic heterocycles. The second kappa shape index (κ2) is 6.99. The largest absolute Gasteiger partial charge is 0.508 e. The summed E-state index contributed by atoms with van der Waals surface area (Å²) < 4.78 is 0. The molecule has 2 N–H and O–H groups in total. The van der Waals surface area contributed by atoms with Crippen molar-refractivity contribution in [3.63, 3.8) is 0 Å². The average molecular weight is 295 g/mol. The van der Waals surface area contributed by atoms with Crippen LogP contribution in [-0.2, 0) is 4.79 Å². The lowest BCUT2D eigenvalue weighted by atomic mass is 10.00. The van der Waals surface area contributed by atoms with Crippen molar-refractivity contribution in [2.45, 2.75) is 31.8 Å². The molecule has 1 saturated heterocycles. The Kier molecular flexibility index (Phi) is 5.31. The summed E-state index contributed by atoms with van der Waals surface area (Å²) in [6, 6.07) is 7.57. The average Bonchev–Trinajstić information content (AvgIpc) is 2.43. The fourth-order valence-corrected chi connectivity index (χ4v) is 3.90. The Morgan fingerprint density at radius 1 is 1.45 bits per heavy atom. The summed E-state index contributed by atoms with van der Waals surface area (Å²) in [5.74, 6) is 1.45. The van der Waals surface area contributed by atoms with E-state index in [1.54, 1.807) is 12.1 Å². The van der Waals surface area contributed by atoms with Gasteiger partial charge >= 0.3 is 5.97 Å². The number of nitrogens with zero attached hydrogens (tertiary/aromatic N) is 1. The van der Waals surface area contributed by atoms with E-state index in [2.05, 4.69) is 11.8 Å². The van der Waals surface area contributed by atoms with Crippen LogP contribution in [0.4, 0.5) is 0 Å². The number of aromatic hydroxyl groups is 1. The highest BCUT2D eigenvalue weighted by atomic mass is 32.2. The van der Waals surface area contributed by atoms with Crippen molar-refractivity contribution < 1.29 is 15.0 Å². The molecule has 20 heavy (non-hydrogen) atoms. The molecule has 2 unspecified atom stereocenters. The molecule has 0 saturated carbocycles. The Labute approximate surface area is 123 Å². The molecule has 1 aliphatic rings. The maximum atomic E-state index is 11.0. The standard InChI is InChI=1S/C15H21NO3S/c1-2-14(11-3-5-13(17)6-4-11)16-7-8-20-10-12(16)9-15(18)19/h3-6,12,14,17H,2,7-10H2,1H3,(H,18,19). The van der Waals surface area contributed by atoms with Gasteiger partial charge in [0.25, 0.3) is 0 Å². The third kappa shape index (κ3) is 3.67. The van der Waals surface area contributed by atoms with E-state index in [-0.39, 0.29) is 24.3 Å². The molecule has 0 amide bonds. The molecule has 5 heteroatoms. The molecule has 4 nitrogen and oxygen atoms in total.